The van der Waals surface area contributed by atoms with Gasteiger partial charge in [0.25, 0.3) is 0 Å². The predicted molar refractivity (Wildman–Crippen MR) is 92.2 cm³/mol. The van der Waals surface area contributed by atoms with E-state index in [1.807, 2.05) is 36.4 Å². The van der Waals surface area contributed by atoms with Gasteiger partial charge in [-0.25, -0.2) is 0 Å². The first-order chi connectivity index (χ1) is 10.7. The van der Waals surface area contributed by atoms with Crippen LogP contribution < -0.4 is 5.32 Å². The minimum atomic E-state index is -0.0349. The quantitative estimate of drug-likeness (QED) is 0.734. The molecule has 0 amide bonds. The zero-order chi connectivity index (χ0) is 15.5. The van der Waals surface area contributed by atoms with Gasteiger partial charge in [-0.2, -0.15) is 0 Å². The maximum Gasteiger partial charge on any atom is 0.121 e. The molecule has 0 bridgehead atoms. The van der Waals surface area contributed by atoms with E-state index in [0.717, 1.165) is 21.9 Å². The first kappa shape index (κ1) is 14.6. The number of fused-ring (bicyclic) bond motifs is 1. The number of aromatic hydroxyl groups is 1. The van der Waals surface area contributed by atoms with Gasteiger partial charge in [0.15, 0.2) is 0 Å². The molecule has 0 saturated heterocycles. The Hall–Kier alpha value is -2.32. The molecule has 0 fully saturated rings. The third-order valence-electron chi connectivity index (χ3n) is 3.87. The van der Waals surface area contributed by atoms with Crippen molar-refractivity contribution in [2.24, 2.45) is 0 Å². The lowest BCUT2D eigenvalue weighted by atomic mass is 9.92. The van der Waals surface area contributed by atoms with E-state index in [2.05, 4.69) is 43.4 Å². The summed E-state index contributed by atoms with van der Waals surface area (Å²) in [5.74, 6) is 0.334. The zero-order valence-corrected chi connectivity index (χ0v) is 13.0. The Morgan fingerprint density at radius 2 is 1.50 bits per heavy atom. The van der Waals surface area contributed by atoms with Gasteiger partial charge in [-0.3, -0.25) is 0 Å². The van der Waals surface area contributed by atoms with Crippen LogP contribution in [-0.4, -0.2) is 11.1 Å². The van der Waals surface area contributed by atoms with Crippen LogP contribution in [-0.2, 0) is 0 Å². The molecule has 0 aromatic heterocycles. The van der Waals surface area contributed by atoms with Crippen LogP contribution in [0.5, 0.6) is 5.75 Å². The third kappa shape index (κ3) is 2.83. The molecule has 1 atom stereocenters. The van der Waals surface area contributed by atoms with Crippen molar-refractivity contribution in [1.82, 2.24) is 5.32 Å². The Labute approximate surface area is 131 Å². The fourth-order valence-corrected chi connectivity index (χ4v) is 2.91. The number of benzene rings is 3. The Kier molecular flexibility index (Phi) is 4.12. The number of phenols is 1. The molecule has 0 radical (unpaired) electrons. The average Bonchev–Trinajstić information content (AvgIpc) is 2.54. The highest BCUT2D eigenvalue weighted by molar-refractivity contribution is 5.88. The first-order valence-electron chi connectivity index (χ1n) is 7.68. The molecule has 2 nitrogen and oxygen atoms in total. The van der Waals surface area contributed by atoms with Gasteiger partial charge in [-0.05, 0) is 36.2 Å². The van der Waals surface area contributed by atoms with Crippen LogP contribution in [0.15, 0.2) is 66.7 Å². The molecule has 112 valence electrons. The normalized spacial score (nSPS) is 12.7. The SMILES string of the molecule is CC(C)NC(c1ccccc1)c1c(O)ccc2ccccc12. The Bertz CT molecular complexity index is 765. The van der Waals surface area contributed by atoms with Gasteiger partial charge in [-0.1, -0.05) is 60.7 Å². The maximum atomic E-state index is 10.5. The van der Waals surface area contributed by atoms with E-state index in [4.69, 9.17) is 0 Å². The summed E-state index contributed by atoms with van der Waals surface area (Å²) in [6.45, 7) is 4.25. The minimum Gasteiger partial charge on any atom is -0.508 e. The largest absolute Gasteiger partial charge is 0.508 e. The van der Waals surface area contributed by atoms with Gasteiger partial charge >= 0.3 is 0 Å². The highest BCUT2D eigenvalue weighted by Gasteiger charge is 2.20. The van der Waals surface area contributed by atoms with Crippen LogP contribution in [0.1, 0.15) is 31.0 Å². The Morgan fingerprint density at radius 1 is 0.818 bits per heavy atom. The standard InChI is InChI=1S/C20H21NO/c1-14(2)21-20(16-9-4-3-5-10-16)19-17-11-7-6-8-15(17)12-13-18(19)22/h3-14,20-22H,1-2H3. The Balaban J connectivity index is 2.22. The molecule has 2 N–H and O–H groups in total. The van der Waals surface area contributed by atoms with Gasteiger partial charge < -0.3 is 10.4 Å². The first-order valence-corrected chi connectivity index (χ1v) is 7.68. The van der Waals surface area contributed by atoms with Crippen LogP contribution in [0.4, 0.5) is 0 Å². The summed E-state index contributed by atoms with van der Waals surface area (Å²) in [4.78, 5) is 0. The van der Waals surface area contributed by atoms with Crippen LogP contribution in [0.3, 0.4) is 0 Å². The number of rotatable bonds is 4. The van der Waals surface area contributed by atoms with Crippen molar-refractivity contribution in [2.45, 2.75) is 25.9 Å². The highest BCUT2D eigenvalue weighted by atomic mass is 16.3. The van der Waals surface area contributed by atoms with Gasteiger partial charge in [0.05, 0.1) is 6.04 Å². The molecule has 3 rings (SSSR count). The van der Waals surface area contributed by atoms with Crippen molar-refractivity contribution < 1.29 is 5.11 Å². The summed E-state index contributed by atoms with van der Waals surface area (Å²) in [5, 5.41) is 16.3. The number of phenolic OH excluding ortho intramolecular Hbond substituents is 1. The lowest BCUT2D eigenvalue weighted by Crippen LogP contribution is -2.29. The maximum absolute atomic E-state index is 10.5. The van der Waals surface area contributed by atoms with Gasteiger partial charge in [-0.15, -0.1) is 0 Å². The van der Waals surface area contributed by atoms with Crippen molar-refractivity contribution in [3.8, 4) is 5.75 Å². The second-order valence-electron chi connectivity index (χ2n) is 5.88. The summed E-state index contributed by atoms with van der Waals surface area (Å²) in [6.07, 6.45) is 0. The lowest BCUT2D eigenvalue weighted by molar-refractivity contribution is 0.451. The number of hydrogen-bond donors (Lipinski definition) is 2. The minimum absolute atomic E-state index is 0.0349. The van der Waals surface area contributed by atoms with Crippen molar-refractivity contribution in [3.63, 3.8) is 0 Å². The molecule has 0 saturated carbocycles. The molecule has 2 heteroatoms. The number of nitrogens with one attached hydrogen (secondary N) is 1. The van der Waals surface area contributed by atoms with Crippen molar-refractivity contribution in [1.29, 1.82) is 0 Å². The lowest BCUT2D eigenvalue weighted by Gasteiger charge is -2.24. The van der Waals surface area contributed by atoms with Crippen LogP contribution >= 0.6 is 0 Å². The summed E-state index contributed by atoms with van der Waals surface area (Å²) in [6, 6.07) is 22.5. The molecular weight excluding hydrogens is 270 g/mol. The van der Waals surface area contributed by atoms with E-state index in [-0.39, 0.29) is 6.04 Å². The van der Waals surface area contributed by atoms with Crippen molar-refractivity contribution in [3.05, 3.63) is 77.9 Å². The zero-order valence-electron chi connectivity index (χ0n) is 13.0. The van der Waals surface area contributed by atoms with Gasteiger partial charge in [0, 0.05) is 11.6 Å². The average molecular weight is 291 g/mol. The third-order valence-corrected chi connectivity index (χ3v) is 3.87. The summed E-state index contributed by atoms with van der Waals surface area (Å²) >= 11 is 0. The van der Waals surface area contributed by atoms with E-state index < -0.39 is 0 Å². The summed E-state index contributed by atoms with van der Waals surface area (Å²) in [5.41, 5.74) is 2.10. The fraction of sp³-hybridized carbons (Fsp3) is 0.200. The van der Waals surface area contributed by atoms with E-state index in [0.29, 0.717) is 11.8 Å². The summed E-state index contributed by atoms with van der Waals surface area (Å²) in [7, 11) is 0. The molecule has 22 heavy (non-hydrogen) atoms. The second-order valence-corrected chi connectivity index (χ2v) is 5.88. The van der Waals surface area contributed by atoms with Gasteiger partial charge in [0.1, 0.15) is 5.75 Å². The molecular formula is C20H21NO. The summed E-state index contributed by atoms with van der Waals surface area (Å²) < 4.78 is 0. The van der Waals surface area contributed by atoms with Crippen LogP contribution in [0.2, 0.25) is 0 Å². The van der Waals surface area contributed by atoms with Crippen LogP contribution in [0.25, 0.3) is 10.8 Å². The number of hydrogen-bond acceptors (Lipinski definition) is 2. The molecule has 3 aromatic rings. The van der Waals surface area contributed by atoms with E-state index in [1.165, 1.54) is 0 Å². The highest BCUT2D eigenvalue weighted by Crippen LogP contribution is 2.35. The van der Waals surface area contributed by atoms with E-state index in [9.17, 15) is 5.11 Å². The van der Waals surface area contributed by atoms with Crippen molar-refractivity contribution >= 4 is 10.8 Å². The van der Waals surface area contributed by atoms with Gasteiger partial charge in [0.2, 0.25) is 0 Å². The monoisotopic (exact) mass is 291 g/mol. The Morgan fingerprint density at radius 3 is 2.23 bits per heavy atom. The molecule has 0 heterocycles. The molecule has 0 aliphatic carbocycles. The molecule has 0 aliphatic heterocycles. The molecule has 0 aliphatic rings. The fourth-order valence-electron chi connectivity index (χ4n) is 2.91. The molecule has 1 unspecified atom stereocenters. The van der Waals surface area contributed by atoms with E-state index in [1.54, 1.807) is 6.07 Å². The topological polar surface area (TPSA) is 32.3 Å². The van der Waals surface area contributed by atoms with Crippen molar-refractivity contribution in [2.75, 3.05) is 0 Å². The van der Waals surface area contributed by atoms with Crippen LogP contribution in [0, 0.1) is 0 Å². The predicted octanol–water partition coefficient (Wildman–Crippen LogP) is 4.63. The second kappa shape index (κ2) is 6.20. The van der Waals surface area contributed by atoms with E-state index >= 15 is 0 Å². The smallest absolute Gasteiger partial charge is 0.121 e. The molecule has 0 spiro atoms. The molecule has 3 aromatic carbocycles.